The van der Waals surface area contributed by atoms with Crippen LogP contribution in [-0.4, -0.2) is 58.0 Å². The highest BCUT2D eigenvalue weighted by atomic mass is 32.1. The molecule has 1 aliphatic carbocycles. The lowest BCUT2D eigenvalue weighted by molar-refractivity contribution is -0.136. The van der Waals surface area contributed by atoms with Crippen LogP contribution in [0.4, 0.5) is 0 Å². The van der Waals surface area contributed by atoms with Crippen molar-refractivity contribution in [2.24, 2.45) is 17.0 Å². The number of rotatable bonds is 5. The third-order valence-electron chi connectivity index (χ3n) is 6.24. The van der Waals surface area contributed by atoms with Crippen molar-refractivity contribution in [3.63, 3.8) is 0 Å². The van der Waals surface area contributed by atoms with Crippen LogP contribution < -0.4 is 5.32 Å². The van der Waals surface area contributed by atoms with Crippen molar-refractivity contribution in [1.29, 1.82) is 0 Å². The molecule has 0 radical (unpaired) electrons. The summed E-state index contributed by atoms with van der Waals surface area (Å²) in [4.78, 5) is 28.6. The van der Waals surface area contributed by atoms with Crippen LogP contribution in [0, 0.1) is 11.8 Å². The number of carbonyl (C=O) groups is 2. The van der Waals surface area contributed by atoms with E-state index in [0.29, 0.717) is 24.4 Å². The number of carbonyl (C=O) groups excluding carboxylic acids is 2. The fourth-order valence-corrected chi connectivity index (χ4v) is 5.25. The van der Waals surface area contributed by atoms with Crippen LogP contribution in [0.1, 0.15) is 30.4 Å². The third kappa shape index (κ3) is 3.61. The Kier molecular flexibility index (Phi) is 5.55. The largest absolute Gasteiger partial charge is 0.411 e. The van der Waals surface area contributed by atoms with E-state index in [0.717, 1.165) is 25.7 Å². The highest BCUT2D eigenvalue weighted by Crippen LogP contribution is 2.31. The summed E-state index contributed by atoms with van der Waals surface area (Å²) in [6.45, 7) is 1.03. The highest BCUT2D eigenvalue weighted by molar-refractivity contribution is 7.80. The lowest BCUT2D eigenvalue weighted by Gasteiger charge is -2.27. The maximum absolute atomic E-state index is 13.1. The number of thiocarbonyl (C=S) groups is 1. The third-order valence-corrected chi connectivity index (χ3v) is 6.63. The quantitative estimate of drug-likeness (QED) is 0.341. The highest BCUT2D eigenvalue weighted by Gasteiger charge is 2.45. The van der Waals surface area contributed by atoms with Gasteiger partial charge in [-0.05, 0) is 42.7 Å². The molecular weight excluding hydrogens is 374 g/mol. The summed E-state index contributed by atoms with van der Waals surface area (Å²) in [5, 5.41) is 15.1. The molecule has 2 heterocycles. The van der Waals surface area contributed by atoms with E-state index in [4.69, 9.17) is 17.4 Å². The Balaban J connectivity index is 1.44. The van der Waals surface area contributed by atoms with Crippen LogP contribution in [0.25, 0.3) is 0 Å². The van der Waals surface area contributed by atoms with Gasteiger partial charge < -0.3 is 15.4 Å². The first-order chi connectivity index (χ1) is 13.6. The Hall–Kier alpha value is -2.12. The minimum absolute atomic E-state index is 0.0673. The van der Waals surface area contributed by atoms with Crippen molar-refractivity contribution < 1.29 is 14.8 Å². The molecule has 28 heavy (non-hydrogen) atoms. The first kappa shape index (κ1) is 19.2. The van der Waals surface area contributed by atoms with Crippen LogP contribution in [0.3, 0.4) is 0 Å². The van der Waals surface area contributed by atoms with E-state index >= 15 is 0 Å². The number of likely N-dealkylation sites (tertiary alicyclic amines) is 1. The molecule has 6 nitrogen and oxygen atoms in total. The SMILES string of the molecule is O=C(CC1Cc2ccccc2C1)C1C(=S)CN[C@@H]1C(=O)N1CCC[C@H]1C=NO. The molecule has 7 heteroatoms. The van der Waals surface area contributed by atoms with Crippen LogP contribution >= 0.6 is 12.2 Å². The Morgan fingerprint density at radius 1 is 1.29 bits per heavy atom. The number of oxime groups is 1. The fraction of sp³-hybridized carbons (Fsp3) is 0.524. The van der Waals surface area contributed by atoms with Gasteiger partial charge in [-0.3, -0.25) is 9.59 Å². The first-order valence-electron chi connectivity index (χ1n) is 9.92. The molecular formula is C21H25N3O3S. The van der Waals surface area contributed by atoms with Crippen molar-refractivity contribution in [2.45, 2.75) is 44.2 Å². The number of nitrogens with zero attached hydrogens (tertiary/aromatic N) is 2. The zero-order valence-corrected chi connectivity index (χ0v) is 16.5. The van der Waals surface area contributed by atoms with Crippen molar-refractivity contribution in [1.82, 2.24) is 10.2 Å². The molecule has 2 aliphatic heterocycles. The molecule has 0 spiro atoms. The summed E-state index contributed by atoms with van der Waals surface area (Å²) >= 11 is 5.46. The number of hydrogen-bond acceptors (Lipinski definition) is 6. The Labute approximate surface area is 170 Å². The average molecular weight is 400 g/mol. The van der Waals surface area contributed by atoms with E-state index in [2.05, 4.69) is 22.6 Å². The van der Waals surface area contributed by atoms with Crippen LogP contribution in [0.2, 0.25) is 0 Å². The Morgan fingerprint density at radius 2 is 2.00 bits per heavy atom. The van der Waals surface area contributed by atoms with Gasteiger partial charge in [0, 0.05) is 24.4 Å². The maximum Gasteiger partial charge on any atom is 0.241 e. The molecule has 1 amide bonds. The molecule has 1 aromatic rings. The molecule has 2 N–H and O–H groups in total. The van der Waals surface area contributed by atoms with Gasteiger partial charge in [0.1, 0.15) is 11.8 Å². The second-order valence-electron chi connectivity index (χ2n) is 8.02. The molecule has 3 aliphatic rings. The second kappa shape index (κ2) is 8.09. The lowest BCUT2D eigenvalue weighted by atomic mass is 9.87. The zero-order valence-electron chi connectivity index (χ0n) is 15.7. The van der Waals surface area contributed by atoms with Gasteiger partial charge >= 0.3 is 0 Å². The molecule has 0 saturated carbocycles. The van der Waals surface area contributed by atoms with E-state index in [-0.39, 0.29) is 23.7 Å². The van der Waals surface area contributed by atoms with E-state index < -0.39 is 12.0 Å². The molecule has 1 aromatic carbocycles. The number of Topliss-reactive ketones (excluding diaryl/α,β-unsaturated/α-hetero) is 1. The Bertz CT molecular complexity index is 800. The molecule has 0 bridgehead atoms. The van der Waals surface area contributed by atoms with Gasteiger partial charge in [-0.2, -0.15) is 0 Å². The van der Waals surface area contributed by atoms with E-state index in [1.165, 1.54) is 17.3 Å². The van der Waals surface area contributed by atoms with Gasteiger partial charge in [-0.1, -0.05) is 41.6 Å². The van der Waals surface area contributed by atoms with Crippen LogP contribution in [0.5, 0.6) is 0 Å². The van der Waals surface area contributed by atoms with E-state index in [1.807, 2.05) is 12.1 Å². The summed E-state index contributed by atoms with van der Waals surface area (Å²) in [5.41, 5.74) is 2.64. The van der Waals surface area contributed by atoms with Crippen molar-refractivity contribution in [3.05, 3.63) is 35.4 Å². The topological polar surface area (TPSA) is 82.0 Å². The molecule has 2 saturated heterocycles. The molecule has 0 aromatic heterocycles. The average Bonchev–Trinajstić information content (AvgIpc) is 3.39. The van der Waals surface area contributed by atoms with E-state index in [9.17, 15) is 9.59 Å². The first-order valence-corrected chi connectivity index (χ1v) is 10.3. The summed E-state index contributed by atoms with van der Waals surface area (Å²) in [6.07, 6.45) is 5.30. The monoisotopic (exact) mass is 399 g/mol. The predicted octanol–water partition coefficient (Wildman–Crippen LogP) is 1.77. The number of benzene rings is 1. The molecule has 4 rings (SSSR count). The van der Waals surface area contributed by atoms with E-state index in [1.54, 1.807) is 4.90 Å². The van der Waals surface area contributed by atoms with Crippen molar-refractivity contribution in [3.8, 4) is 0 Å². The minimum Gasteiger partial charge on any atom is -0.411 e. The smallest absolute Gasteiger partial charge is 0.241 e. The number of nitrogens with one attached hydrogen (secondary N) is 1. The van der Waals surface area contributed by atoms with Gasteiger partial charge in [0.05, 0.1) is 18.2 Å². The van der Waals surface area contributed by atoms with Crippen LogP contribution in [0.15, 0.2) is 29.4 Å². The molecule has 2 fully saturated rings. The lowest BCUT2D eigenvalue weighted by Crippen LogP contribution is -2.50. The molecule has 1 unspecified atom stereocenters. The van der Waals surface area contributed by atoms with Gasteiger partial charge in [-0.15, -0.1) is 0 Å². The minimum atomic E-state index is -0.600. The normalized spacial score (nSPS) is 27.6. The summed E-state index contributed by atoms with van der Waals surface area (Å²) < 4.78 is 0. The fourth-order valence-electron chi connectivity index (χ4n) is 4.90. The van der Waals surface area contributed by atoms with Gasteiger partial charge in [0.2, 0.25) is 5.91 Å². The number of fused-ring (bicyclic) bond motifs is 1. The molecule has 3 atom stereocenters. The zero-order chi connectivity index (χ0) is 19.7. The number of hydrogen-bond donors (Lipinski definition) is 2. The Morgan fingerprint density at radius 3 is 2.68 bits per heavy atom. The van der Waals surface area contributed by atoms with Gasteiger partial charge in [0.15, 0.2) is 0 Å². The van der Waals surface area contributed by atoms with Crippen molar-refractivity contribution >= 4 is 35.0 Å². The summed E-state index contributed by atoms with van der Waals surface area (Å²) in [6, 6.07) is 7.52. The predicted molar refractivity (Wildman–Crippen MR) is 110 cm³/mol. The summed E-state index contributed by atoms with van der Waals surface area (Å²) in [5.74, 6) is -0.309. The van der Waals surface area contributed by atoms with Gasteiger partial charge in [0.25, 0.3) is 0 Å². The van der Waals surface area contributed by atoms with Crippen molar-refractivity contribution in [2.75, 3.05) is 13.1 Å². The maximum atomic E-state index is 13.1. The van der Waals surface area contributed by atoms with Crippen LogP contribution in [-0.2, 0) is 22.4 Å². The second-order valence-corrected chi connectivity index (χ2v) is 8.55. The number of ketones is 1. The standard InChI is InChI=1S/C21H25N3O3S/c25-17(10-13-8-14-4-1-2-5-15(14)9-13)19-18(28)12-22-20(19)21(26)24-7-3-6-16(24)11-23-27/h1-2,4-5,11,13,16,19-20,22,27H,3,6-10,12H2/t16-,19?,20-/m0/s1. The summed E-state index contributed by atoms with van der Waals surface area (Å²) in [7, 11) is 0. The number of amides is 1. The van der Waals surface area contributed by atoms with Gasteiger partial charge in [-0.25, -0.2) is 0 Å². The molecule has 148 valence electrons.